The summed E-state index contributed by atoms with van der Waals surface area (Å²) in [6.07, 6.45) is 5.01. The van der Waals surface area contributed by atoms with Gasteiger partial charge in [-0.1, -0.05) is 57.2 Å². The summed E-state index contributed by atoms with van der Waals surface area (Å²) in [6, 6.07) is 17.4. The molecule has 3 N–H and O–H groups in total. The molecule has 0 aromatic heterocycles. The fourth-order valence-corrected chi connectivity index (χ4v) is 6.61. The Labute approximate surface area is 203 Å². The van der Waals surface area contributed by atoms with Crippen molar-refractivity contribution >= 4 is 17.5 Å². The topological polar surface area (TPSA) is 70.2 Å². The second kappa shape index (κ2) is 8.84. The van der Waals surface area contributed by atoms with Gasteiger partial charge >= 0.3 is 0 Å². The van der Waals surface area contributed by atoms with Gasteiger partial charge in [-0.3, -0.25) is 14.9 Å². The van der Waals surface area contributed by atoms with Crippen LogP contribution in [0.4, 0.5) is 5.69 Å². The maximum Gasteiger partial charge on any atom is 0.234 e. The zero-order valence-electron chi connectivity index (χ0n) is 20.6. The van der Waals surface area contributed by atoms with Gasteiger partial charge in [0.15, 0.2) is 0 Å². The minimum atomic E-state index is -0.255. The maximum atomic E-state index is 12.2. The van der Waals surface area contributed by atoms with E-state index in [1.165, 1.54) is 30.4 Å². The molecule has 2 saturated carbocycles. The van der Waals surface area contributed by atoms with Gasteiger partial charge in [0.05, 0.1) is 5.92 Å². The van der Waals surface area contributed by atoms with Gasteiger partial charge in [-0.05, 0) is 71.3 Å². The van der Waals surface area contributed by atoms with Crippen LogP contribution in [0.15, 0.2) is 48.5 Å². The Morgan fingerprint density at radius 1 is 0.971 bits per heavy atom. The molecule has 1 aliphatic heterocycles. The van der Waals surface area contributed by atoms with E-state index in [1.807, 2.05) is 24.3 Å². The number of imide groups is 1. The fraction of sp³-hybridized carbons (Fsp3) is 0.517. The molecular weight excluding hydrogens is 422 g/mol. The quantitative estimate of drug-likeness (QED) is 0.503. The molecule has 5 rings (SSSR count). The standard InChI is InChI=1S/C29H37N3O2/c1-28(2)22-13-14-29(28,3)25(16-22)31-18-20-9-7-19(8-10-20)17-30-23-6-4-5-21(15-23)24-11-12-26(33)32-27(24)34/h4-10,15,22,24-25,30-31H,11-14,16-18H2,1-3H3,(H,32,33,34)/t22-,24?,25+,29+/m1/s1. The van der Waals surface area contributed by atoms with Crippen LogP contribution in [0.5, 0.6) is 0 Å². The zero-order chi connectivity index (χ0) is 23.9. The number of carbonyl (C=O) groups excluding carboxylic acids is 2. The zero-order valence-corrected chi connectivity index (χ0v) is 20.6. The molecule has 2 aromatic rings. The Bertz CT molecular complexity index is 1080. The monoisotopic (exact) mass is 459 g/mol. The molecule has 0 spiro atoms. The molecule has 0 radical (unpaired) electrons. The number of amides is 2. The van der Waals surface area contributed by atoms with Gasteiger partial charge < -0.3 is 10.6 Å². The lowest BCUT2D eigenvalue weighted by Crippen LogP contribution is -2.44. The Kier molecular flexibility index (Phi) is 6.01. The van der Waals surface area contributed by atoms with Gasteiger partial charge in [-0.15, -0.1) is 0 Å². The Morgan fingerprint density at radius 3 is 2.35 bits per heavy atom. The molecule has 2 aliphatic carbocycles. The number of rotatable bonds is 7. The minimum absolute atomic E-state index is 0.178. The van der Waals surface area contributed by atoms with E-state index >= 15 is 0 Å². The van der Waals surface area contributed by atoms with Gasteiger partial charge in [0.25, 0.3) is 0 Å². The van der Waals surface area contributed by atoms with E-state index in [1.54, 1.807) is 0 Å². The van der Waals surface area contributed by atoms with Gasteiger partial charge in [0, 0.05) is 31.2 Å². The lowest BCUT2D eigenvalue weighted by molar-refractivity contribution is -0.134. The number of piperidine rings is 1. The smallest absolute Gasteiger partial charge is 0.234 e. The lowest BCUT2D eigenvalue weighted by Gasteiger charge is -2.39. The second-order valence-corrected chi connectivity index (χ2v) is 11.3. The highest BCUT2D eigenvalue weighted by atomic mass is 16.2. The molecule has 2 amide bonds. The van der Waals surface area contributed by atoms with Crippen molar-refractivity contribution < 1.29 is 9.59 Å². The predicted molar refractivity (Wildman–Crippen MR) is 135 cm³/mol. The molecule has 3 fully saturated rings. The molecule has 1 saturated heterocycles. The number of anilines is 1. The normalized spacial score (nSPS) is 29.8. The van der Waals surface area contributed by atoms with Gasteiger partial charge in [0.1, 0.15) is 0 Å². The van der Waals surface area contributed by atoms with Crippen LogP contribution in [0, 0.1) is 16.7 Å². The highest BCUT2D eigenvalue weighted by Gasteiger charge is 2.60. The molecule has 4 atom stereocenters. The van der Waals surface area contributed by atoms with Crippen LogP contribution in [0.1, 0.15) is 75.5 Å². The third-order valence-corrected chi connectivity index (χ3v) is 9.39. The largest absolute Gasteiger partial charge is 0.381 e. The summed E-state index contributed by atoms with van der Waals surface area (Å²) < 4.78 is 0. The van der Waals surface area contributed by atoms with Crippen molar-refractivity contribution in [2.75, 3.05) is 5.32 Å². The van der Waals surface area contributed by atoms with Crippen molar-refractivity contribution in [3.63, 3.8) is 0 Å². The van der Waals surface area contributed by atoms with E-state index in [9.17, 15) is 9.59 Å². The Morgan fingerprint density at radius 2 is 1.71 bits per heavy atom. The van der Waals surface area contributed by atoms with Crippen LogP contribution in [-0.2, 0) is 22.7 Å². The van der Waals surface area contributed by atoms with Crippen molar-refractivity contribution in [3.8, 4) is 0 Å². The van der Waals surface area contributed by atoms with Crippen molar-refractivity contribution in [3.05, 3.63) is 65.2 Å². The maximum absolute atomic E-state index is 12.2. The Hall–Kier alpha value is -2.66. The molecule has 34 heavy (non-hydrogen) atoms. The first-order valence-electron chi connectivity index (χ1n) is 12.7. The first kappa shape index (κ1) is 23.1. The van der Waals surface area contributed by atoms with Gasteiger partial charge in [-0.2, -0.15) is 0 Å². The van der Waals surface area contributed by atoms with E-state index in [0.717, 1.165) is 30.3 Å². The first-order chi connectivity index (χ1) is 16.3. The fourth-order valence-electron chi connectivity index (χ4n) is 6.61. The van der Waals surface area contributed by atoms with Crippen molar-refractivity contribution in [2.24, 2.45) is 16.7 Å². The van der Waals surface area contributed by atoms with E-state index in [0.29, 0.717) is 29.7 Å². The first-order valence-corrected chi connectivity index (χ1v) is 12.7. The van der Waals surface area contributed by atoms with Gasteiger partial charge in [-0.25, -0.2) is 0 Å². The second-order valence-electron chi connectivity index (χ2n) is 11.3. The van der Waals surface area contributed by atoms with E-state index < -0.39 is 0 Å². The van der Waals surface area contributed by atoms with Crippen LogP contribution in [-0.4, -0.2) is 17.9 Å². The molecule has 2 bridgehead atoms. The van der Waals surface area contributed by atoms with E-state index in [-0.39, 0.29) is 17.7 Å². The summed E-state index contributed by atoms with van der Waals surface area (Å²) in [5.74, 6) is 0.231. The van der Waals surface area contributed by atoms with Crippen LogP contribution >= 0.6 is 0 Å². The Balaban J connectivity index is 1.14. The van der Waals surface area contributed by atoms with Crippen molar-refractivity contribution in [1.29, 1.82) is 0 Å². The van der Waals surface area contributed by atoms with E-state index in [4.69, 9.17) is 0 Å². The molecule has 5 nitrogen and oxygen atoms in total. The summed E-state index contributed by atoms with van der Waals surface area (Å²) in [4.78, 5) is 23.6. The van der Waals surface area contributed by atoms with Crippen molar-refractivity contribution in [1.82, 2.24) is 10.6 Å². The molecule has 2 aromatic carbocycles. The van der Waals surface area contributed by atoms with Gasteiger partial charge in [0.2, 0.25) is 11.8 Å². The average molecular weight is 460 g/mol. The van der Waals surface area contributed by atoms with E-state index in [2.05, 4.69) is 61.0 Å². The summed E-state index contributed by atoms with van der Waals surface area (Å²) >= 11 is 0. The molecule has 3 aliphatic rings. The average Bonchev–Trinajstić information content (AvgIpc) is 3.16. The number of nitrogens with one attached hydrogen (secondary N) is 3. The number of hydrogen-bond acceptors (Lipinski definition) is 4. The number of carbonyl (C=O) groups is 2. The van der Waals surface area contributed by atoms with Crippen LogP contribution in [0.25, 0.3) is 0 Å². The molecule has 5 heteroatoms. The summed E-state index contributed by atoms with van der Waals surface area (Å²) in [5, 5.41) is 9.80. The van der Waals surface area contributed by atoms with Crippen molar-refractivity contribution in [2.45, 2.75) is 77.9 Å². The molecule has 180 valence electrons. The van der Waals surface area contributed by atoms with Crippen LogP contribution in [0.3, 0.4) is 0 Å². The molecule has 1 unspecified atom stereocenters. The lowest BCUT2D eigenvalue weighted by atomic mass is 9.69. The summed E-state index contributed by atoms with van der Waals surface area (Å²) in [5.41, 5.74) is 5.34. The molecule has 1 heterocycles. The highest BCUT2D eigenvalue weighted by molar-refractivity contribution is 6.01. The number of hydrogen-bond donors (Lipinski definition) is 3. The predicted octanol–water partition coefficient (Wildman–Crippen LogP) is 5.12. The summed E-state index contributed by atoms with van der Waals surface area (Å²) in [7, 11) is 0. The number of fused-ring (bicyclic) bond motifs is 2. The van der Waals surface area contributed by atoms with Crippen LogP contribution in [0.2, 0.25) is 0 Å². The highest BCUT2D eigenvalue weighted by Crippen LogP contribution is 2.65. The minimum Gasteiger partial charge on any atom is -0.381 e. The number of benzene rings is 2. The SMILES string of the molecule is CC1(C)[C@@H]2CC[C@@]1(C)[C@@H](NCc1ccc(CNc3cccc(C4CCC(=O)NC4=O)c3)cc1)C2. The summed E-state index contributed by atoms with van der Waals surface area (Å²) in [6.45, 7) is 9.07. The third-order valence-electron chi connectivity index (χ3n) is 9.39. The van der Waals surface area contributed by atoms with Crippen LogP contribution < -0.4 is 16.0 Å². The third kappa shape index (κ3) is 4.15. The molecular formula is C29H37N3O2.